The van der Waals surface area contributed by atoms with Crippen molar-refractivity contribution in [2.75, 3.05) is 0 Å². The maximum atomic E-state index is 13.3. The van der Waals surface area contributed by atoms with E-state index in [1.54, 1.807) is 12.1 Å². The van der Waals surface area contributed by atoms with Crippen LogP contribution in [0.15, 0.2) is 24.3 Å². The second-order valence-corrected chi connectivity index (χ2v) is 8.22. The molecule has 0 radical (unpaired) electrons. The van der Waals surface area contributed by atoms with Crippen molar-refractivity contribution in [1.29, 1.82) is 0 Å². The first-order chi connectivity index (χ1) is 10.1. The summed E-state index contributed by atoms with van der Waals surface area (Å²) in [5, 5.41) is 0. The van der Waals surface area contributed by atoms with Crippen LogP contribution in [0, 0.1) is 29.0 Å². The third-order valence-electron chi connectivity index (χ3n) is 6.25. The van der Waals surface area contributed by atoms with Crippen molar-refractivity contribution in [3.63, 3.8) is 0 Å². The summed E-state index contributed by atoms with van der Waals surface area (Å²) in [4.78, 5) is 0. The SMILES string of the molecule is NC(Cc1cccc(F)c1)CC12CC3CC(CC(C3)C1)C2. The average molecular weight is 287 g/mol. The summed E-state index contributed by atoms with van der Waals surface area (Å²) >= 11 is 0. The van der Waals surface area contributed by atoms with Gasteiger partial charge in [-0.1, -0.05) is 12.1 Å². The molecular weight excluding hydrogens is 261 g/mol. The molecule has 21 heavy (non-hydrogen) atoms. The zero-order valence-electron chi connectivity index (χ0n) is 12.7. The number of nitrogens with two attached hydrogens (primary N) is 1. The molecule has 1 unspecified atom stereocenters. The summed E-state index contributed by atoms with van der Waals surface area (Å²) in [5.41, 5.74) is 8.03. The van der Waals surface area contributed by atoms with Crippen molar-refractivity contribution in [3.05, 3.63) is 35.6 Å². The Morgan fingerprint density at radius 2 is 1.71 bits per heavy atom. The zero-order chi connectivity index (χ0) is 14.4. The molecule has 0 spiro atoms. The van der Waals surface area contributed by atoms with Gasteiger partial charge in [-0.3, -0.25) is 0 Å². The number of rotatable bonds is 4. The maximum absolute atomic E-state index is 13.3. The average Bonchev–Trinajstić information content (AvgIpc) is 2.35. The molecule has 0 aromatic heterocycles. The molecule has 114 valence electrons. The van der Waals surface area contributed by atoms with Crippen LogP contribution in [0.3, 0.4) is 0 Å². The highest BCUT2D eigenvalue weighted by Gasteiger charge is 2.50. The van der Waals surface area contributed by atoms with Crippen LogP contribution >= 0.6 is 0 Å². The minimum Gasteiger partial charge on any atom is -0.327 e. The van der Waals surface area contributed by atoms with Gasteiger partial charge in [0, 0.05) is 6.04 Å². The fourth-order valence-corrected chi connectivity index (χ4v) is 6.14. The number of hydrogen-bond donors (Lipinski definition) is 1. The van der Waals surface area contributed by atoms with Crippen molar-refractivity contribution in [2.24, 2.45) is 28.9 Å². The van der Waals surface area contributed by atoms with Crippen molar-refractivity contribution in [1.82, 2.24) is 0 Å². The van der Waals surface area contributed by atoms with E-state index in [0.717, 1.165) is 36.2 Å². The molecule has 0 saturated heterocycles. The summed E-state index contributed by atoms with van der Waals surface area (Å²) in [6.07, 6.45) is 10.7. The van der Waals surface area contributed by atoms with E-state index in [1.165, 1.54) is 44.6 Å². The molecule has 0 aliphatic heterocycles. The van der Waals surface area contributed by atoms with Gasteiger partial charge in [0.15, 0.2) is 0 Å². The van der Waals surface area contributed by atoms with E-state index in [9.17, 15) is 4.39 Å². The topological polar surface area (TPSA) is 26.0 Å². The molecule has 2 N–H and O–H groups in total. The normalized spacial score (nSPS) is 38.7. The Morgan fingerprint density at radius 3 is 2.29 bits per heavy atom. The summed E-state index contributed by atoms with van der Waals surface area (Å²) in [7, 11) is 0. The molecule has 4 saturated carbocycles. The second kappa shape index (κ2) is 5.08. The second-order valence-electron chi connectivity index (χ2n) is 8.22. The molecule has 1 atom stereocenters. The van der Waals surface area contributed by atoms with Gasteiger partial charge in [-0.15, -0.1) is 0 Å². The Kier molecular flexibility index (Phi) is 3.33. The molecule has 1 nitrogen and oxygen atoms in total. The molecule has 4 fully saturated rings. The lowest BCUT2D eigenvalue weighted by Gasteiger charge is -2.57. The Bertz CT molecular complexity index is 489. The molecule has 4 aliphatic carbocycles. The van der Waals surface area contributed by atoms with Crippen LogP contribution in [-0.2, 0) is 6.42 Å². The van der Waals surface area contributed by atoms with Crippen molar-refractivity contribution < 1.29 is 4.39 Å². The van der Waals surface area contributed by atoms with Gasteiger partial charge in [-0.2, -0.15) is 0 Å². The highest BCUT2D eigenvalue weighted by molar-refractivity contribution is 5.17. The van der Waals surface area contributed by atoms with E-state index in [-0.39, 0.29) is 11.9 Å². The Balaban J connectivity index is 1.43. The summed E-state index contributed by atoms with van der Waals surface area (Å²) in [6.45, 7) is 0. The van der Waals surface area contributed by atoms with Crippen molar-refractivity contribution in [2.45, 2.75) is 57.4 Å². The summed E-state index contributed by atoms with van der Waals surface area (Å²) in [6, 6.07) is 7.13. The molecule has 0 amide bonds. The number of hydrogen-bond acceptors (Lipinski definition) is 1. The smallest absolute Gasteiger partial charge is 0.123 e. The Hall–Kier alpha value is -0.890. The van der Waals surface area contributed by atoms with E-state index in [1.807, 2.05) is 6.07 Å². The number of benzene rings is 1. The first kappa shape index (κ1) is 13.8. The molecule has 4 aliphatic rings. The first-order valence-corrected chi connectivity index (χ1v) is 8.60. The van der Waals surface area contributed by atoms with Crippen molar-refractivity contribution >= 4 is 0 Å². The maximum Gasteiger partial charge on any atom is 0.123 e. The van der Waals surface area contributed by atoms with Crippen LogP contribution in [0.5, 0.6) is 0 Å². The van der Waals surface area contributed by atoms with Gasteiger partial charge in [-0.05, 0) is 92.2 Å². The van der Waals surface area contributed by atoms with E-state index in [0.29, 0.717) is 5.41 Å². The molecule has 1 aromatic rings. The van der Waals surface area contributed by atoms with E-state index < -0.39 is 0 Å². The minimum atomic E-state index is -0.144. The van der Waals surface area contributed by atoms with Gasteiger partial charge in [0.1, 0.15) is 5.82 Å². The fourth-order valence-electron chi connectivity index (χ4n) is 6.14. The lowest BCUT2D eigenvalue weighted by molar-refractivity contribution is -0.0602. The first-order valence-electron chi connectivity index (χ1n) is 8.60. The van der Waals surface area contributed by atoms with Crippen LogP contribution in [0.2, 0.25) is 0 Å². The lowest BCUT2D eigenvalue weighted by atomic mass is 9.48. The summed E-state index contributed by atoms with van der Waals surface area (Å²) < 4.78 is 13.3. The van der Waals surface area contributed by atoms with Crippen LogP contribution < -0.4 is 5.73 Å². The van der Waals surface area contributed by atoms with Crippen LogP contribution in [0.1, 0.15) is 50.5 Å². The molecular formula is C19H26FN. The molecule has 4 bridgehead atoms. The lowest BCUT2D eigenvalue weighted by Crippen LogP contribution is -2.48. The standard InChI is InChI=1S/C19H26FN/c20-17-3-1-2-13(7-17)8-18(21)12-19-9-14-4-15(10-19)6-16(5-14)11-19/h1-3,7,14-16,18H,4-6,8-12,21H2. The molecule has 2 heteroatoms. The fraction of sp³-hybridized carbons (Fsp3) is 0.684. The minimum absolute atomic E-state index is 0.144. The van der Waals surface area contributed by atoms with Crippen LogP contribution in [0.4, 0.5) is 4.39 Å². The largest absolute Gasteiger partial charge is 0.327 e. The van der Waals surface area contributed by atoms with Gasteiger partial charge >= 0.3 is 0 Å². The predicted octanol–water partition coefficient (Wildman–Crippen LogP) is 4.30. The van der Waals surface area contributed by atoms with Gasteiger partial charge in [0.2, 0.25) is 0 Å². The zero-order valence-corrected chi connectivity index (χ0v) is 12.7. The Labute approximate surface area is 127 Å². The Morgan fingerprint density at radius 1 is 1.10 bits per heavy atom. The van der Waals surface area contributed by atoms with E-state index >= 15 is 0 Å². The van der Waals surface area contributed by atoms with Gasteiger partial charge in [-0.25, -0.2) is 4.39 Å². The third kappa shape index (κ3) is 2.75. The van der Waals surface area contributed by atoms with Gasteiger partial charge < -0.3 is 5.73 Å². The highest BCUT2D eigenvalue weighted by Crippen LogP contribution is 2.61. The third-order valence-corrected chi connectivity index (χ3v) is 6.25. The predicted molar refractivity (Wildman–Crippen MR) is 83.3 cm³/mol. The van der Waals surface area contributed by atoms with E-state index in [2.05, 4.69) is 0 Å². The molecule has 5 rings (SSSR count). The van der Waals surface area contributed by atoms with Gasteiger partial charge in [0.25, 0.3) is 0 Å². The molecule has 1 aromatic carbocycles. The number of halogens is 1. The highest BCUT2D eigenvalue weighted by atomic mass is 19.1. The van der Waals surface area contributed by atoms with Gasteiger partial charge in [0.05, 0.1) is 0 Å². The van der Waals surface area contributed by atoms with Crippen LogP contribution in [0.25, 0.3) is 0 Å². The quantitative estimate of drug-likeness (QED) is 0.877. The van der Waals surface area contributed by atoms with E-state index in [4.69, 9.17) is 5.73 Å². The van der Waals surface area contributed by atoms with Crippen LogP contribution in [-0.4, -0.2) is 6.04 Å². The summed E-state index contributed by atoms with van der Waals surface area (Å²) in [5.74, 6) is 2.81. The van der Waals surface area contributed by atoms with Crippen molar-refractivity contribution in [3.8, 4) is 0 Å². The molecule has 0 heterocycles. The monoisotopic (exact) mass is 287 g/mol.